The van der Waals surface area contributed by atoms with E-state index in [1.807, 2.05) is 0 Å². The summed E-state index contributed by atoms with van der Waals surface area (Å²) < 4.78 is 0. The third kappa shape index (κ3) is 1.26. The van der Waals surface area contributed by atoms with Crippen LogP contribution in [0.15, 0.2) is 0 Å². The van der Waals surface area contributed by atoms with Gasteiger partial charge in [-0.3, -0.25) is 0 Å². The molecule has 0 rings (SSSR count). The first kappa shape index (κ1) is 15.3. The Balaban J connectivity index is 0. The molecule has 6 nitrogen and oxygen atoms in total. The molecule has 0 saturated heterocycles. The average molecular weight is 352 g/mol. The predicted octanol–water partition coefficient (Wildman–Crippen LogP) is 0.0982. The van der Waals surface area contributed by atoms with Crippen molar-refractivity contribution < 1.29 is 52.5 Å². The maximum atomic E-state index is 8.58. The molecule has 0 fully saturated rings. The van der Waals surface area contributed by atoms with Crippen LogP contribution in [-0.4, -0.2) is 0 Å². The minimum atomic E-state index is -6.17. The van der Waals surface area contributed by atoms with Crippen LogP contribution in [0.4, 0.5) is 0 Å². The number of hydrogen-bond donors (Lipinski definition) is 0. The Morgan fingerprint density at radius 2 is 0.643 bits per heavy atom. The summed E-state index contributed by atoms with van der Waals surface area (Å²) in [5, 5.41) is 51.5. The van der Waals surface area contributed by atoms with Gasteiger partial charge in [0.2, 0.25) is 0 Å². The molecule has 0 N–H and O–H groups in total. The molecule has 1 radical (unpaired) electrons. The fraction of sp³-hybridized carbons (Fsp3) is 0. The number of hydrogen-bond acceptors (Lipinski definition) is 6. The Bertz CT molecular complexity index is 392. The molecule has 8 heteroatoms. The average Bonchev–Trinajstić information content (AvgIpc) is 2.26. The van der Waals surface area contributed by atoms with E-state index in [1.54, 1.807) is 0 Å². The molecule has 66 valence electrons. The van der Waals surface area contributed by atoms with Gasteiger partial charge in [-0.05, 0) is 0 Å². The van der Waals surface area contributed by atoms with Crippen LogP contribution in [0.5, 0.6) is 0 Å². The van der Waals surface area contributed by atoms with E-state index in [0.717, 1.165) is 29.8 Å². The molecule has 0 spiro atoms. The second-order valence-electron chi connectivity index (χ2n) is 1.80. The van der Waals surface area contributed by atoms with Gasteiger partial charge in [-0.1, -0.05) is 0 Å². The van der Waals surface area contributed by atoms with Crippen LogP contribution >= 0.6 is 0 Å². The molecule has 0 aliphatic carbocycles. The summed E-state index contributed by atoms with van der Waals surface area (Å²) in [6.45, 7) is 0. The Morgan fingerprint density at radius 1 is 0.500 bits per heavy atom. The molecule has 0 atom stereocenters. The van der Waals surface area contributed by atoms with Crippen molar-refractivity contribution in [1.82, 2.24) is 0 Å². The SMILES string of the molecule is N#[C][Fe-3]([C]#N)([C]#N)([C]#N)([C]#N)[C]#N.[Ce+3]. The first-order valence-corrected chi connectivity index (χ1v) is 5.71. The zero-order valence-electron chi connectivity index (χ0n) is 6.54. The number of rotatable bonds is 0. The van der Waals surface area contributed by atoms with E-state index >= 15 is 0 Å². The Labute approximate surface area is 112 Å². The first-order chi connectivity index (χ1) is 5.97. The summed E-state index contributed by atoms with van der Waals surface area (Å²) in [6, 6.07) is 0. The fourth-order valence-electron chi connectivity index (χ4n) is 0.265. The van der Waals surface area contributed by atoms with Crippen LogP contribution in [0.25, 0.3) is 0 Å². The third-order valence-corrected chi connectivity index (χ3v) is 4.89. The van der Waals surface area contributed by atoms with Gasteiger partial charge in [0.15, 0.2) is 0 Å². The second-order valence-corrected chi connectivity index (χ2v) is 7.42. The normalized spacial score (nSPS) is 12.4. The third-order valence-electron chi connectivity index (χ3n) is 1.19. The van der Waals surface area contributed by atoms with E-state index in [0.29, 0.717) is 0 Å². The summed E-state index contributed by atoms with van der Waals surface area (Å²) in [4.78, 5) is 6.19. The zero-order chi connectivity index (χ0) is 10.7. The van der Waals surface area contributed by atoms with Crippen LogP contribution < -0.4 is 0 Å². The first-order valence-electron chi connectivity index (χ1n) is 2.40. The van der Waals surface area contributed by atoms with Crippen molar-refractivity contribution in [1.29, 1.82) is 31.6 Å². The van der Waals surface area contributed by atoms with Crippen molar-refractivity contribution in [3.63, 3.8) is 0 Å². The smallest absolute Gasteiger partial charge is 3.00 e. The van der Waals surface area contributed by atoms with Crippen LogP contribution in [-0.2, 0) is 10.7 Å². The molecular weight excluding hydrogens is 352 g/mol. The van der Waals surface area contributed by atoms with Crippen LogP contribution in [0.1, 0.15) is 0 Å². The summed E-state index contributed by atoms with van der Waals surface area (Å²) in [5.41, 5.74) is 0. The molecule has 0 aromatic carbocycles. The second kappa shape index (κ2) is 3.53. The van der Waals surface area contributed by atoms with E-state index in [4.69, 9.17) is 31.6 Å². The quantitative estimate of drug-likeness (QED) is 0.566. The van der Waals surface area contributed by atoms with Crippen molar-refractivity contribution in [2.75, 3.05) is 0 Å². The summed E-state index contributed by atoms with van der Waals surface area (Å²) in [5.74, 6) is 0. The van der Waals surface area contributed by atoms with Gasteiger partial charge in [0.1, 0.15) is 0 Å². The monoisotopic (exact) mass is 352 g/mol. The Kier molecular flexibility index (Phi) is 3.86. The van der Waals surface area contributed by atoms with Gasteiger partial charge in [-0.15, -0.1) is 0 Å². The van der Waals surface area contributed by atoms with Crippen molar-refractivity contribution in [2.45, 2.75) is 0 Å². The molecule has 0 saturated carbocycles. The van der Waals surface area contributed by atoms with Gasteiger partial charge in [0.25, 0.3) is 0 Å². The minimum absolute atomic E-state index is 0. The molecule has 0 amide bonds. The number of nitriles is 6. The van der Waals surface area contributed by atoms with Gasteiger partial charge in [0, 0.05) is 0 Å². The molecule has 14 heavy (non-hydrogen) atoms. The summed E-state index contributed by atoms with van der Waals surface area (Å²) in [7, 11) is -6.17. The van der Waals surface area contributed by atoms with Crippen molar-refractivity contribution in [2.24, 2.45) is 0 Å². The predicted molar refractivity (Wildman–Crippen MR) is 33.7 cm³/mol. The Morgan fingerprint density at radius 3 is 0.643 bits per heavy atom. The summed E-state index contributed by atoms with van der Waals surface area (Å²) in [6.07, 6.45) is 0. The van der Waals surface area contributed by atoms with Gasteiger partial charge in [0.05, 0.1) is 0 Å². The van der Waals surface area contributed by atoms with E-state index < -0.39 is 10.7 Å². The van der Waals surface area contributed by atoms with Gasteiger partial charge < -0.3 is 0 Å². The topological polar surface area (TPSA) is 143 Å². The molecule has 0 aromatic rings. The number of nitrogens with zero attached hydrogens (tertiary/aromatic N) is 6. The molecule has 0 bridgehead atoms. The van der Waals surface area contributed by atoms with Gasteiger partial charge >= 0.3 is 114 Å². The van der Waals surface area contributed by atoms with E-state index in [9.17, 15) is 0 Å². The van der Waals surface area contributed by atoms with Crippen molar-refractivity contribution in [3.05, 3.63) is 0 Å². The molecular formula is C6CeFeN6. The van der Waals surface area contributed by atoms with Crippen molar-refractivity contribution >= 4 is 0 Å². The van der Waals surface area contributed by atoms with Gasteiger partial charge in [-0.2, -0.15) is 0 Å². The molecule has 0 aliphatic rings. The standard InChI is InChI=1S/6CN.Ce.Fe/c6*1-2;;/q;;;;;;+3;-3. The van der Waals surface area contributed by atoms with E-state index in [2.05, 4.69) is 0 Å². The fourth-order valence-corrected chi connectivity index (χ4v) is 1.09. The van der Waals surface area contributed by atoms with Crippen LogP contribution in [0, 0.1) is 103 Å². The largest absolute Gasteiger partial charge is 3.00 e. The van der Waals surface area contributed by atoms with Crippen LogP contribution in [0.2, 0.25) is 0 Å². The van der Waals surface area contributed by atoms with E-state index in [-0.39, 0.29) is 41.7 Å². The minimum Gasteiger partial charge on any atom is 3.00 e. The zero-order valence-corrected chi connectivity index (χ0v) is 10.8. The maximum Gasteiger partial charge on any atom is 3.00 e. The molecule has 0 unspecified atom stereocenters. The van der Waals surface area contributed by atoms with Crippen LogP contribution in [0.3, 0.4) is 0 Å². The molecule has 0 aromatic heterocycles. The Hall–Kier alpha value is -1.16. The van der Waals surface area contributed by atoms with Gasteiger partial charge in [-0.25, -0.2) is 0 Å². The summed E-state index contributed by atoms with van der Waals surface area (Å²) >= 11 is 0. The van der Waals surface area contributed by atoms with Crippen molar-refractivity contribution in [3.8, 4) is 29.8 Å². The molecule has 0 heterocycles. The molecule has 0 aliphatic heterocycles. The maximum absolute atomic E-state index is 8.58. The van der Waals surface area contributed by atoms with E-state index in [1.165, 1.54) is 0 Å².